The highest BCUT2D eigenvalue weighted by Gasteiger charge is 2.20. The molecule has 0 saturated carbocycles. The zero-order valence-corrected chi connectivity index (χ0v) is 7.12. The summed E-state index contributed by atoms with van der Waals surface area (Å²) in [7, 11) is -2.35. The Hall–Kier alpha value is -1.28. The Morgan fingerprint density at radius 3 is 2.20 bits per heavy atom. The lowest BCUT2D eigenvalue weighted by molar-refractivity contribution is 0.145. The monoisotopic (exact) mass is 224 g/mol. The van der Waals surface area contributed by atoms with Crippen LogP contribution < -0.4 is 4.65 Å². The van der Waals surface area contributed by atoms with E-state index in [1.54, 1.807) is 0 Å². The molecular formula is C7H5BF4O3. The molecule has 1 aromatic carbocycles. The van der Waals surface area contributed by atoms with Crippen LogP contribution in [0.5, 0.6) is 5.75 Å². The summed E-state index contributed by atoms with van der Waals surface area (Å²) in [4.78, 5) is 0. The fourth-order valence-electron chi connectivity index (χ4n) is 0.915. The highest BCUT2D eigenvalue weighted by atomic mass is 19.3. The minimum atomic E-state index is -3.16. The SMILES string of the molecule is OB(O)Oc1cc(F)c(C(F)F)cc1F. The zero-order chi connectivity index (χ0) is 11.6. The van der Waals surface area contributed by atoms with Crippen molar-refractivity contribution in [3.63, 3.8) is 0 Å². The summed E-state index contributed by atoms with van der Waals surface area (Å²) >= 11 is 0. The fourth-order valence-corrected chi connectivity index (χ4v) is 0.915. The van der Waals surface area contributed by atoms with Crippen LogP contribution in [-0.4, -0.2) is 17.4 Å². The Kier molecular flexibility index (Phi) is 3.54. The molecule has 0 fully saturated rings. The number of halogens is 4. The molecule has 0 atom stereocenters. The predicted octanol–water partition coefficient (Wildman–Crippen LogP) is 1.25. The average molecular weight is 224 g/mol. The molecule has 0 spiro atoms. The van der Waals surface area contributed by atoms with Crippen LogP contribution in [0, 0.1) is 11.6 Å². The molecule has 8 heteroatoms. The van der Waals surface area contributed by atoms with Crippen molar-refractivity contribution < 1.29 is 32.3 Å². The van der Waals surface area contributed by atoms with Crippen LogP contribution in [0.15, 0.2) is 12.1 Å². The second-order valence-corrected chi connectivity index (χ2v) is 2.55. The van der Waals surface area contributed by atoms with Crippen LogP contribution in [0.25, 0.3) is 0 Å². The quantitative estimate of drug-likeness (QED) is 0.599. The van der Waals surface area contributed by atoms with Crippen molar-refractivity contribution in [3.8, 4) is 5.75 Å². The number of alkyl halides is 2. The molecule has 3 nitrogen and oxygen atoms in total. The Morgan fingerprint density at radius 2 is 1.73 bits per heavy atom. The van der Waals surface area contributed by atoms with E-state index >= 15 is 0 Å². The van der Waals surface area contributed by atoms with Crippen LogP contribution in [0.4, 0.5) is 17.6 Å². The van der Waals surface area contributed by atoms with E-state index in [1.807, 2.05) is 0 Å². The summed E-state index contributed by atoms with van der Waals surface area (Å²) in [5.41, 5.74) is -1.12. The van der Waals surface area contributed by atoms with Crippen LogP contribution in [0.2, 0.25) is 0 Å². The van der Waals surface area contributed by atoms with E-state index in [-0.39, 0.29) is 6.07 Å². The minimum Gasteiger partial charge on any atom is -0.509 e. The summed E-state index contributed by atoms with van der Waals surface area (Å²) in [6.45, 7) is 0. The van der Waals surface area contributed by atoms with Crippen LogP contribution in [-0.2, 0) is 0 Å². The second-order valence-electron chi connectivity index (χ2n) is 2.55. The normalized spacial score (nSPS) is 10.6. The molecule has 15 heavy (non-hydrogen) atoms. The second kappa shape index (κ2) is 4.50. The first kappa shape index (κ1) is 11.8. The molecule has 0 aliphatic carbocycles. The number of rotatable bonds is 3. The average Bonchev–Trinajstić information content (AvgIpc) is 2.09. The first-order valence-corrected chi connectivity index (χ1v) is 3.71. The van der Waals surface area contributed by atoms with Crippen molar-refractivity contribution in [2.45, 2.75) is 6.43 Å². The maximum atomic E-state index is 12.9. The van der Waals surface area contributed by atoms with Crippen LogP contribution >= 0.6 is 0 Å². The summed E-state index contributed by atoms with van der Waals surface area (Å²) < 4.78 is 53.9. The zero-order valence-electron chi connectivity index (χ0n) is 7.12. The molecule has 0 bridgehead atoms. The molecule has 0 aliphatic heterocycles. The van der Waals surface area contributed by atoms with E-state index in [9.17, 15) is 17.6 Å². The molecule has 2 N–H and O–H groups in total. The van der Waals surface area contributed by atoms with Crippen LogP contribution in [0.1, 0.15) is 12.0 Å². The summed E-state index contributed by atoms with van der Waals surface area (Å²) in [6.07, 6.45) is -3.16. The molecule has 0 aliphatic rings. The number of benzene rings is 1. The topological polar surface area (TPSA) is 49.7 Å². The molecule has 0 unspecified atom stereocenters. The molecular weight excluding hydrogens is 219 g/mol. The van der Waals surface area contributed by atoms with Gasteiger partial charge < -0.3 is 14.7 Å². The van der Waals surface area contributed by atoms with Gasteiger partial charge in [0.05, 0.1) is 5.56 Å². The summed E-state index contributed by atoms with van der Waals surface area (Å²) in [5, 5.41) is 16.6. The molecule has 1 rings (SSSR count). The Morgan fingerprint density at radius 1 is 1.13 bits per heavy atom. The van der Waals surface area contributed by atoms with E-state index in [1.165, 1.54) is 0 Å². The maximum absolute atomic E-state index is 12.9. The van der Waals surface area contributed by atoms with Gasteiger partial charge >= 0.3 is 7.32 Å². The van der Waals surface area contributed by atoms with Gasteiger partial charge in [0, 0.05) is 6.07 Å². The number of hydrogen-bond acceptors (Lipinski definition) is 3. The van der Waals surface area contributed by atoms with Gasteiger partial charge in [-0.1, -0.05) is 0 Å². The lowest BCUT2D eigenvalue weighted by Crippen LogP contribution is -2.21. The molecule has 0 saturated heterocycles. The fraction of sp³-hybridized carbons (Fsp3) is 0.143. The summed E-state index contributed by atoms with van der Waals surface area (Å²) in [5.74, 6) is -3.55. The lowest BCUT2D eigenvalue weighted by atomic mass is 10.2. The standard InChI is InChI=1S/C7H5BF4O3/c9-4-2-6(15-8(13)14)5(10)1-3(4)7(11)12/h1-2,7,13-14H. The van der Waals surface area contributed by atoms with Gasteiger partial charge in [0.25, 0.3) is 6.43 Å². The van der Waals surface area contributed by atoms with E-state index < -0.39 is 36.7 Å². The van der Waals surface area contributed by atoms with Crippen molar-refractivity contribution >= 4 is 7.32 Å². The third kappa shape index (κ3) is 2.83. The maximum Gasteiger partial charge on any atom is 0.707 e. The van der Waals surface area contributed by atoms with Gasteiger partial charge in [-0.15, -0.1) is 0 Å². The lowest BCUT2D eigenvalue weighted by Gasteiger charge is -2.08. The third-order valence-corrected chi connectivity index (χ3v) is 1.52. The Labute approximate surface area is 82.1 Å². The molecule has 0 radical (unpaired) electrons. The van der Waals surface area contributed by atoms with E-state index in [0.717, 1.165) is 0 Å². The van der Waals surface area contributed by atoms with E-state index in [2.05, 4.69) is 4.65 Å². The van der Waals surface area contributed by atoms with Gasteiger partial charge in [-0.3, -0.25) is 0 Å². The molecule has 0 heterocycles. The van der Waals surface area contributed by atoms with Gasteiger partial charge in [-0.2, -0.15) is 0 Å². The van der Waals surface area contributed by atoms with Crippen molar-refractivity contribution in [1.29, 1.82) is 0 Å². The van der Waals surface area contributed by atoms with Gasteiger partial charge in [-0.25, -0.2) is 17.6 Å². The largest absolute Gasteiger partial charge is 0.707 e. The highest BCUT2D eigenvalue weighted by Crippen LogP contribution is 2.28. The van der Waals surface area contributed by atoms with Crippen LogP contribution in [0.3, 0.4) is 0 Å². The summed E-state index contributed by atoms with van der Waals surface area (Å²) in [6, 6.07) is 0.550. The Bertz CT molecular complexity index is 358. The number of hydrogen-bond donors (Lipinski definition) is 2. The predicted molar refractivity (Wildman–Crippen MR) is 42.1 cm³/mol. The van der Waals surface area contributed by atoms with Gasteiger partial charge in [-0.05, 0) is 6.07 Å². The highest BCUT2D eigenvalue weighted by molar-refractivity contribution is 6.33. The smallest absolute Gasteiger partial charge is 0.509 e. The third-order valence-electron chi connectivity index (χ3n) is 1.52. The van der Waals surface area contributed by atoms with Gasteiger partial charge in [0.1, 0.15) is 11.6 Å². The van der Waals surface area contributed by atoms with Crippen molar-refractivity contribution in [1.82, 2.24) is 0 Å². The van der Waals surface area contributed by atoms with Gasteiger partial charge in [0.2, 0.25) is 0 Å². The first-order valence-electron chi connectivity index (χ1n) is 3.71. The molecule has 0 aromatic heterocycles. The Balaban J connectivity index is 3.08. The van der Waals surface area contributed by atoms with E-state index in [4.69, 9.17) is 10.0 Å². The molecule has 82 valence electrons. The van der Waals surface area contributed by atoms with Crippen molar-refractivity contribution in [3.05, 3.63) is 29.3 Å². The van der Waals surface area contributed by atoms with Crippen molar-refractivity contribution in [2.75, 3.05) is 0 Å². The van der Waals surface area contributed by atoms with Gasteiger partial charge in [0.15, 0.2) is 5.82 Å². The minimum absolute atomic E-state index is 0.234. The first-order chi connectivity index (χ1) is 6.91. The van der Waals surface area contributed by atoms with E-state index in [0.29, 0.717) is 6.07 Å². The molecule has 1 aromatic rings. The molecule has 0 amide bonds. The van der Waals surface area contributed by atoms with Crippen molar-refractivity contribution in [2.24, 2.45) is 0 Å².